The third-order valence-corrected chi connectivity index (χ3v) is 5.66. The number of halogens is 1. The highest BCUT2D eigenvalue weighted by atomic mass is 35.5. The maximum atomic E-state index is 12.1. The Labute approximate surface area is 236 Å². The maximum Gasteiger partial charge on any atom is 0.341 e. The first kappa shape index (κ1) is 29.1. The molecule has 0 bridgehead atoms. The summed E-state index contributed by atoms with van der Waals surface area (Å²) in [4.78, 5) is 59.8. The molecule has 0 radical (unpaired) electrons. The average molecular weight is 590 g/mol. The SMILES string of the molecule is CC(=O)OC[C@H]1O[C@@H](n2cnc3c(N)nc(/N=N/NC(=O)Nc4cccc(Cl)c4)nc32)[C@H](OC(C)=O)[C@@H]1OC(C)=O. The van der Waals surface area contributed by atoms with Crippen molar-refractivity contribution < 1.29 is 38.1 Å². The molecule has 4 N–H and O–H groups in total. The van der Waals surface area contributed by atoms with Crippen molar-refractivity contribution in [3.63, 3.8) is 0 Å². The Morgan fingerprint density at radius 1 is 1.10 bits per heavy atom. The molecule has 1 aromatic carbocycles. The minimum atomic E-state index is -1.19. The van der Waals surface area contributed by atoms with E-state index in [0.717, 1.165) is 0 Å². The van der Waals surface area contributed by atoms with Crippen molar-refractivity contribution in [3.05, 3.63) is 35.6 Å². The van der Waals surface area contributed by atoms with Gasteiger partial charge in [-0.25, -0.2) is 15.2 Å². The number of anilines is 2. The number of hydrogen-bond acceptors (Lipinski definition) is 14. The van der Waals surface area contributed by atoms with Crippen LogP contribution in [0.5, 0.6) is 0 Å². The fourth-order valence-corrected chi connectivity index (χ4v) is 4.10. The number of imidazole rings is 1. The Bertz CT molecular complexity index is 1510. The van der Waals surface area contributed by atoms with Crippen molar-refractivity contribution in [2.24, 2.45) is 10.3 Å². The van der Waals surface area contributed by atoms with Crippen molar-refractivity contribution in [1.29, 1.82) is 0 Å². The van der Waals surface area contributed by atoms with Crippen LogP contribution in [0.3, 0.4) is 0 Å². The zero-order valence-electron chi connectivity index (χ0n) is 21.8. The third-order valence-electron chi connectivity index (χ3n) is 5.42. The van der Waals surface area contributed by atoms with Crippen LogP contribution in [-0.2, 0) is 33.3 Å². The highest BCUT2D eigenvalue weighted by molar-refractivity contribution is 6.30. The molecule has 3 aromatic rings. The van der Waals surface area contributed by atoms with Gasteiger partial charge < -0.3 is 30.0 Å². The summed E-state index contributed by atoms with van der Waals surface area (Å²) >= 11 is 5.90. The molecule has 1 saturated heterocycles. The number of ether oxygens (including phenoxy) is 4. The van der Waals surface area contributed by atoms with Gasteiger partial charge in [-0.05, 0) is 18.2 Å². The van der Waals surface area contributed by atoms with Crippen molar-refractivity contribution in [2.75, 3.05) is 17.7 Å². The Morgan fingerprint density at radius 2 is 1.83 bits per heavy atom. The molecule has 0 spiro atoms. The van der Waals surface area contributed by atoms with E-state index in [4.69, 9.17) is 36.3 Å². The van der Waals surface area contributed by atoms with Crippen molar-refractivity contribution in [2.45, 2.75) is 45.3 Å². The number of urea groups is 1. The second-order valence-corrected chi connectivity index (χ2v) is 8.96. The summed E-state index contributed by atoms with van der Waals surface area (Å²) < 4.78 is 23.2. The van der Waals surface area contributed by atoms with Crippen LogP contribution in [0.25, 0.3) is 11.2 Å². The minimum Gasteiger partial charge on any atom is -0.463 e. The molecule has 3 heterocycles. The van der Waals surface area contributed by atoms with Crippen LogP contribution in [0.15, 0.2) is 40.9 Å². The molecule has 2 amide bonds. The summed E-state index contributed by atoms with van der Waals surface area (Å²) in [5.41, 5.74) is 8.86. The quantitative estimate of drug-likeness (QED) is 0.149. The van der Waals surface area contributed by atoms with Gasteiger partial charge in [0.15, 0.2) is 29.9 Å². The number of hydrogen-bond donors (Lipinski definition) is 3. The van der Waals surface area contributed by atoms with E-state index in [1.54, 1.807) is 18.2 Å². The first-order valence-corrected chi connectivity index (χ1v) is 12.3. The molecule has 41 heavy (non-hydrogen) atoms. The van der Waals surface area contributed by atoms with E-state index in [1.807, 2.05) is 0 Å². The van der Waals surface area contributed by atoms with E-state index in [9.17, 15) is 19.2 Å². The second kappa shape index (κ2) is 12.5. The summed E-state index contributed by atoms with van der Waals surface area (Å²) in [6, 6.07) is 5.75. The van der Waals surface area contributed by atoms with Gasteiger partial charge in [0.1, 0.15) is 18.2 Å². The fourth-order valence-electron chi connectivity index (χ4n) is 3.91. The summed E-state index contributed by atoms with van der Waals surface area (Å²) in [5.74, 6) is -2.30. The largest absolute Gasteiger partial charge is 0.463 e. The van der Waals surface area contributed by atoms with E-state index in [1.165, 1.54) is 37.7 Å². The summed E-state index contributed by atoms with van der Waals surface area (Å²) in [6.45, 7) is 3.24. The Hall–Kier alpha value is -4.90. The van der Waals surface area contributed by atoms with Gasteiger partial charge >= 0.3 is 23.9 Å². The van der Waals surface area contributed by atoms with Crippen molar-refractivity contribution >= 4 is 64.2 Å². The first-order valence-electron chi connectivity index (χ1n) is 11.9. The molecular weight excluding hydrogens is 566 g/mol. The third kappa shape index (κ3) is 7.20. The molecule has 0 saturated carbocycles. The van der Waals surface area contributed by atoms with E-state index in [2.05, 4.69) is 36.0 Å². The van der Waals surface area contributed by atoms with Gasteiger partial charge in [-0.1, -0.05) is 28.0 Å². The van der Waals surface area contributed by atoms with Crippen molar-refractivity contribution in [1.82, 2.24) is 24.9 Å². The van der Waals surface area contributed by atoms with Crippen LogP contribution in [0.4, 0.5) is 22.2 Å². The van der Waals surface area contributed by atoms with Gasteiger partial charge in [0, 0.05) is 31.5 Å². The van der Waals surface area contributed by atoms with Gasteiger partial charge in [-0.2, -0.15) is 9.97 Å². The van der Waals surface area contributed by atoms with Crippen LogP contribution in [-0.4, -0.2) is 68.4 Å². The average Bonchev–Trinajstić information content (AvgIpc) is 3.44. The number of nitrogens with zero attached hydrogens (tertiary/aromatic N) is 6. The normalized spacial score (nSPS) is 20.1. The number of fused-ring (bicyclic) bond motifs is 1. The molecule has 17 nitrogen and oxygen atoms in total. The number of esters is 3. The molecule has 0 aliphatic carbocycles. The fraction of sp³-hybridized carbons (Fsp3) is 0.348. The summed E-state index contributed by atoms with van der Waals surface area (Å²) in [6.07, 6.45) is -3.18. The molecule has 1 aliphatic rings. The lowest BCUT2D eigenvalue weighted by atomic mass is 10.1. The molecule has 1 fully saturated rings. The smallest absolute Gasteiger partial charge is 0.341 e. The van der Waals surface area contributed by atoms with Crippen LogP contribution < -0.4 is 16.5 Å². The van der Waals surface area contributed by atoms with E-state index < -0.39 is 48.5 Å². The van der Waals surface area contributed by atoms with Gasteiger partial charge in [-0.3, -0.25) is 19.0 Å². The number of nitrogens with one attached hydrogen (secondary N) is 2. The van der Waals surface area contributed by atoms with Gasteiger partial charge in [0.25, 0.3) is 5.95 Å². The molecule has 4 rings (SSSR count). The lowest BCUT2D eigenvalue weighted by Crippen LogP contribution is -2.40. The standard InChI is InChI=1S/C23H24ClN9O8/c1-10(34)38-8-15-17(39-11(2)35)18(40-12(3)36)21(41-15)33-9-26-16-19(25)28-22(29-20(16)33)30-32-31-23(37)27-14-6-4-5-13(24)7-14/h4-7,9,15,17-18,21H,8H2,1-3H3,(H4,25,27,28,29,30,31,37)/t15-,17-,18-,21-/m1/s1. The highest BCUT2D eigenvalue weighted by Gasteiger charge is 2.51. The molecule has 4 atom stereocenters. The number of benzene rings is 1. The molecule has 18 heteroatoms. The monoisotopic (exact) mass is 589 g/mol. The number of carbonyl (C=O) groups excluding carboxylic acids is 4. The molecule has 2 aromatic heterocycles. The number of rotatable bonds is 8. The van der Waals surface area contributed by atoms with Crippen LogP contribution in [0, 0.1) is 0 Å². The number of carbonyl (C=O) groups is 4. The topological polar surface area (TPSA) is 224 Å². The maximum absolute atomic E-state index is 12.1. The van der Waals surface area contributed by atoms with E-state index in [-0.39, 0.29) is 29.5 Å². The van der Waals surface area contributed by atoms with Crippen molar-refractivity contribution in [3.8, 4) is 0 Å². The lowest BCUT2D eigenvalue weighted by Gasteiger charge is -2.23. The Kier molecular flexibility index (Phi) is 8.88. The van der Waals surface area contributed by atoms with Gasteiger partial charge in [-0.15, -0.1) is 0 Å². The molecule has 0 unspecified atom stereocenters. The van der Waals surface area contributed by atoms with E-state index >= 15 is 0 Å². The summed E-state index contributed by atoms with van der Waals surface area (Å²) in [7, 11) is 0. The van der Waals surface area contributed by atoms with Crippen LogP contribution >= 0.6 is 11.6 Å². The predicted octanol–water partition coefficient (Wildman–Crippen LogP) is 2.21. The molecule has 216 valence electrons. The van der Waals surface area contributed by atoms with E-state index in [0.29, 0.717) is 10.7 Å². The summed E-state index contributed by atoms with van der Waals surface area (Å²) in [5, 5.41) is 10.3. The number of aromatic nitrogens is 4. The zero-order chi connectivity index (χ0) is 29.7. The number of amides is 2. The second-order valence-electron chi connectivity index (χ2n) is 8.52. The molecule has 1 aliphatic heterocycles. The van der Waals surface area contributed by atoms with Gasteiger partial charge in [0.05, 0.1) is 6.33 Å². The first-order chi connectivity index (χ1) is 19.5. The predicted molar refractivity (Wildman–Crippen MR) is 140 cm³/mol. The minimum absolute atomic E-state index is 0.0823. The Balaban J connectivity index is 1.60. The van der Waals surface area contributed by atoms with Gasteiger partial charge in [0.2, 0.25) is 0 Å². The Morgan fingerprint density at radius 3 is 2.51 bits per heavy atom. The number of nitrogen functional groups attached to an aromatic ring is 1. The molecular formula is C23H24ClN9O8. The number of nitrogens with two attached hydrogens (primary N) is 1. The lowest BCUT2D eigenvalue weighted by molar-refractivity contribution is -0.166. The van der Waals surface area contributed by atoms with Crippen LogP contribution in [0.2, 0.25) is 5.02 Å². The van der Waals surface area contributed by atoms with Crippen LogP contribution in [0.1, 0.15) is 27.0 Å². The highest BCUT2D eigenvalue weighted by Crippen LogP contribution is 2.36. The zero-order valence-corrected chi connectivity index (χ0v) is 22.6.